The molecule has 0 saturated heterocycles. The van der Waals surface area contributed by atoms with Gasteiger partial charge in [0.1, 0.15) is 0 Å². The van der Waals surface area contributed by atoms with Crippen molar-refractivity contribution in [2.45, 2.75) is 26.2 Å². The molecule has 2 rings (SSSR count). The van der Waals surface area contributed by atoms with E-state index in [-0.39, 0.29) is 5.92 Å². The molecule has 18 heavy (non-hydrogen) atoms. The van der Waals surface area contributed by atoms with E-state index in [4.69, 9.17) is 4.52 Å². The third-order valence-corrected chi connectivity index (χ3v) is 2.70. The first-order chi connectivity index (χ1) is 8.66. The molecule has 0 aliphatic heterocycles. The number of rotatable bonds is 5. The van der Waals surface area contributed by atoms with Crippen molar-refractivity contribution in [3.05, 3.63) is 35.9 Å². The van der Waals surface area contributed by atoms with Gasteiger partial charge in [-0.3, -0.25) is 4.98 Å². The minimum absolute atomic E-state index is 0.284. The zero-order chi connectivity index (χ0) is 13.0. The Morgan fingerprint density at radius 1 is 1.33 bits per heavy atom. The summed E-state index contributed by atoms with van der Waals surface area (Å²) < 4.78 is 5.22. The molecule has 0 bridgehead atoms. The van der Waals surface area contributed by atoms with Crippen molar-refractivity contribution < 1.29 is 4.52 Å². The molecule has 0 N–H and O–H groups in total. The molecule has 0 radical (unpaired) electrons. The van der Waals surface area contributed by atoms with Crippen LogP contribution in [0, 0.1) is 0 Å². The summed E-state index contributed by atoms with van der Waals surface area (Å²) in [5.41, 5.74) is 1.06. The van der Waals surface area contributed by atoms with Gasteiger partial charge in [-0.05, 0) is 12.1 Å². The second kappa shape index (κ2) is 5.62. The highest BCUT2D eigenvalue weighted by molar-refractivity contribution is 5.24. The van der Waals surface area contributed by atoms with Crippen LogP contribution in [0.15, 0.2) is 28.9 Å². The molecule has 2 aromatic heterocycles. The molecule has 5 heteroatoms. The average molecular weight is 246 g/mol. The van der Waals surface area contributed by atoms with Crippen LogP contribution in [0.3, 0.4) is 0 Å². The minimum atomic E-state index is 0.284. The highest BCUT2D eigenvalue weighted by atomic mass is 16.5. The summed E-state index contributed by atoms with van der Waals surface area (Å²) >= 11 is 0. The first-order valence-corrected chi connectivity index (χ1v) is 6.11. The number of nitrogens with zero attached hydrogens (tertiary/aromatic N) is 4. The van der Waals surface area contributed by atoms with Crippen LogP contribution < -0.4 is 4.90 Å². The molecule has 0 aliphatic carbocycles. The number of hydrogen-bond donors (Lipinski definition) is 0. The van der Waals surface area contributed by atoms with E-state index >= 15 is 0 Å². The van der Waals surface area contributed by atoms with E-state index in [9.17, 15) is 0 Å². The zero-order valence-corrected chi connectivity index (χ0v) is 11.0. The molecule has 96 valence electrons. The Kier molecular flexibility index (Phi) is 3.92. The fraction of sp³-hybridized carbons (Fsp3) is 0.462. The molecule has 0 aromatic carbocycles. The molecular formula is C13H18N4O. The summed E-state index contributed by atoms with van der Waals surface area (Å²) in [5, 5.41) is 3.95. The lowest BCUT2D eigenvalue weighted by Crippen LogP contribution is -2.21. The maximum Gasteiger partial charge on any atom is 0.323 e. The van der Waals surface area contributed by atoms with Gasteiger partial charge in [0.05, 0.1) is 0 Å². The predicted octanol–water partition coefficient (Wildman–Crippen LogP) is 2.27. The van der Waals surface area contributed by atoms with E-state index < -0.39 is 0 Å². The molecule has 0 atom stereocenters. The van der Waals surface area contributed by atoms with Crippen LogP contribution in [0.4, 0.5) is 6.01 Å². The fourth-order valence-corrected chi connectivity index (χ4v) is 1.54. The van der Waals surface area contributed by atoms with Crippen LogP contribution in [0.1, 0.15) is 31.3 Å². The fourth-order valence-electron chi connectivity index (χ4n) is 1.54. The van der Waals surface area contributed by atoms with Crippen molar-refractivity contribution in [1.82, 2.24) is 15.1 Å². The molecule has 0 unspecified atom stereocenters. The van der Waals surface area contributed by atoms with E-state index in [2.05, 4.69) is 15.1 Å². The van der Waals surface area contributed by atoms with Gasteiger partial charge in [-0.25, -0.2) is 0 Å². The summed E-state index contributed by atoms with van der Waals surface area (Å²) in [6, 6.07) is 6.49. The maximum atomic E-state index is 5.22. The number of anilines is 1. The predicted molar refractivity (Wildman–Crippen MR) is 69.6 cm³/mol. The first kappa shape index (κ1) is 12.5. The topological polar surface area (TPSA) is 55.1 Å². The third kappa shape index (κ3) is 3.06. The Morgan fingerprint density at radius 3 is 2.78 bits per heavy atom. The highest BCUT2D eigenvalue weighted by Gasteiger charge is 2.13. The third-order valence-electron chi connectivity index (χ3n) is 2.70. The second-order valence-corrected chi connectivity index (χ2v) is 4.58. The van der Waals surface area contributed by atoms with E-state index in [1.807, 2.05) is 44.0 Å². The molecule has 5 nitrogen and oxygen atoms in total. The normalized spacial score (nSPS) is 10.9. The number of likely N-dealkylation sites (N-methyl/N-ethyl adjacent to an activating group) is 1. The first-order valence-electron chi connectivity index (χ1n) is 6.11. The van der Waals surface area contributed by atoms with Gasteiger partial charge in [0.15, 0.2) is 5.82 Å². The summed E-state index contributed by atoms with van der Waals surface area (Å²) in [5.74, 6) is 1.03. The monoisotopic (exact) mass is 246 g/mol. The van der Waals surface area contributed by atoms with Crippen molar-refractivity contribution in [2.75, 3.05) is 18.5 Å². The lowest BCUT2D eigenvalue weighted by molar-refractivity contribution is 0.408. The van der Waals surface area contributed by atoms with E-state index in [1.165, 1.54) is 0 Å². The van der Waals surface area contributed by atoms with E-state index in [1.54, 1.807) is 6.20 Å². The lowest BCUT2D eigenvalue weighted by atomic mass is 10.2. The van der Waals surface area contributed by atoms with Crippen molar-refractivity contribution in [3.63, 3.8) is 0 Å². The summed E-state index contributed by atoms with van der Waals surface area (Å²) in [7, 11) is 1.94. The smallest absolute Gasteiger partial charge is 0.323 e. The number of pyridine rings is 1. The van der Waals surface area contributed by atoms with Gasteiger partial charge in [-0.1, -0.05) is 25.1 Å². The van der Waals surface area contributed by atoms with E-state index in [0.29, 0.717) is 6.01 Å². The molecule has 0 saturated carbocycles. The van der Waals surface area contributed by atoms with E-state index in [0.717, 1.165) is 24.5 Å². The van der Waals surface area contributed by atoms with Crippen molar-refractivity contribution in [1.29, 1.82) is 0 Å². The largest absolute Gasteiger partial charge is 0.327 e. The Bertz CT molecular complexity index is 481. The average Bonchev–Trinajstić information content (AvgIpc) is 2.87. The molecule has 0 fully saturated rings. The Labute approximate surface area is 107 Å². The van der Waals surface area contributed by atoms with Crippen molar-refractivity contribution >= 4 is 6.01 Å². The lowest BCUT2D eigenvalue weighted by Gasteiger charge is -2.12. The Morgan fingerprint density at radius 2 is 2.17 bits per heavy atom. The highest BCUT2D eigenvalue weighted by Crippen LogP contribution is 2.15. The van der Waals surface area contributed by atoms with Crippen LogP contribution >= 0.6 is 0 Å². The molecule has 2 heterocycles. The quantitative estimate of drug-likeness (QED) is 0.810. The molecule has 2 aromatic rings. The molecule has 0 aliphatic rings. The van der Waals surface area contributed by atoms with Crippen LogP contribution in [-0.2, 0) is 6.42 Å². The van der Waals surface area contributed by atoms with Gasteiger partial charge in [0.2, 0.25) is 0 Å². The van der Waals surface area contributed by atoms with Crippen LogP contribution in [0.25, 0.3) is 0 Å². The van der Waals surface area contributed by atoms with Crippen molar-refractivity contribution in [3.8, 4) is 0 Å². The van der Waals surface area contributed by atoms with Gasteiger partial charge in [-0.15, -0.1) is 0 Å². The van der Waals surface area contributed by atoms with Crippen LogP contribution in [0.5, 0.6) is 0 Å². The van der Waals surface area contributed by atoms with Gasteiger partial charge < -0.3 is 9.42 Å². The minimum Gasteiger partial charge on any atom is -0.327 e. The summed E-state index contributed by atoms with van der Waals surface area (Å²) in [6.45, 7) is 4.89. The maximum absolute atomic E-state index is 5.22. The Hall–Kier alpha value is -1.91. The Balaban J connectivity index is 1.93. The van der Waals surface area contributed by atoms with Gasteiger partial charge in [-0.2, -0.15) is 4.98 Å². The second-order valence-electron chi connectivity index (χ2n) is 4.58. The standard InChI is InChI=1S/C13H18N4O/c1-10(2)12-15-13(18-16-12)17(3)9-7-11-6-4-5-8-14-11/h4-6,8,10H,7,9H2,1-3H3. The van der Waals surface area contributed by atoms with Crippen LogP contribution in [-0.4, -0.2) is 28.7 Å². The molecular weight excluding hydrogens is 228 g/mol. The molecule has 0 amide bonds. The summed E-state index contributed by atoms with van der Waals surface area (Å²) in [6.07, 6.45) is 2.66. The van der Waals surface area contributed by atoms with Gasteiger partial charge >= 0.3 is 6.01 Å². The number of aromatic nitrogens is 3. The van der Waals surface area contributed by atoms with Gasteiger partial charge in [0.25, 0.3) is 0 Å². The number of hydrogen-bond acceptors (Lipinski definition) is 5. The SMILES string of the molecule is CC(C)c1noc(N(C)CCc2ccccn2)n1. The molecule has 0 spiro atoms. The summed E-state index contributed by atoms with van der Waals surface area (Å²) in [4.78, 5) is 10.6. The van der Waals surface area contributed by atoms with Crippen molar-refractivity contribution in [2.24, 2.45) is 0 Å². The zero-order valence-electron chi connectivity index (χ0n) is 11.0. The van der Waals surface area contributed by atoms with Crippen LogP contribution in [0.2, 0.25) is 0 Å². The van der Waals surface area contributed by atoms with Gasteiger partial charge in [0, 0.05) is 37.8 Å².